The van der Waals surface area contributed by atoms with Crippen LogP contribution in [-0.2, 0) is 16.8 Å². The van der Waals surface area contributed by atoms with Gasteiger partial charge in [-0.1, -0.05) is 50.2 Å². The quantitative estimate of drug-likeness (QED) is 0.638. The van der Waals surface area contributed by atoms with Gasteiger partial charge in [-0.05, 0) is 30.0 Å². The summed E-state index contributed by atoms with van der Waals surface area (Å²) in [6.45, 7) is 8.41. The third kappa shape index (κ3) is 4.17. The van der Waals surface area contributed by atoms with Gasteiger partial charge in [0.25, 0.3) is 0 Å². The van der Waals surface area contributed by atoms with E-state index < -0.39 is 5.97 Å². The average Bonchev–Trinajstić information content (AvgIpc) is 3.09. The molecule has 0 spiro atoms. The van der Waals surface area contributed by atoms with Crippen molar-refractivity contribution in [2.75, 3.05) is 0 Å². The van der Waals surface area contributed by atoms with Crippen LogP contribution in [0.5, 0.6) is 0 Å². The van der Waals surface area contributed by atoms with Crippen molar-refractivity contribution in [3.05, 3.63) is 71.2 Å². The fraction of sp³-hybridized carbons (Fsp3) is 0.286. The Morgan fingerprint density at radius 1 is 1.12 bits per heavy atom. The molecule has 0 bridgehead atoms. The lowest BCUT2D eigenvalue weighted by Crippen LogP contribution is -2.10. The Morgan fingerprint density at radius 2 is 1.85 bits per heavy atom. The monoisotopic (exact) mass is 350 g/mol. The summed E-state index contributed by atoms with van der Waals surface area (Å²) < 4.78 is 10.5. The predicted octanol–water partition coefficient (Wildman–Crippen LogP) is 4.70. The Hall–Kier alpha value is -2.95. The van der Waals surface area contributed by atoms with Crippen LogP contribution >= 0.6 is 0 Å². The van der Waals surface area contributed by atoms with Crippen LogP contribution in [0, 0.1) is 6.92 Å². The molecular formula is C21H22N2O3. The number of carbonyl (C=O) groups is 1. The number of hydrogen-bond acceptors (Lipinski definition) is 5. The van der Waals surface area contributed by atoms with Crippen molar-refractivity contribution in [3.63, 3.8) is 0 Å². The molecule has 0 fully saturated rings. The van der Waals surface area contributed by atoms with Gasteiger partial charge < -0.3 is 9.26 Å². The number of esters is 1. The Kier molecular flexibility index (Phi) is 4.89. The lowest BCUT2D eigenvalue weighted by atomic mass is 9.86. The molecule has 0 aliphatic carbocycles. The second-order valence-corrected chi connectivity index (χ2v) is 7.27. The van der Waals surface area contributed by atoms with E-state index in [2.05, 4.69) is 43.0 Å². The first-order valence-electron chi connectivity index (χ1n) is 8.49. The van der Waals surface area contributed by atoms with Gasteiger partial charge in [0.2, 0.25) is 0 Å². The van der Waals surface area contributed by atoms with Gasteiger partial charge in [0.15, 0.2) is 12.4 Å². The first kappa shape index (κ1) is 17.9. The fourth-order valence-corrected chi connectivity index (χ4v) is 2.47. The minimum absolute atomic E-state index is 0.0276. The predicted molar refractivity (Wildman–Crippen MR) is 98.7 cm³/mol. The first-order chi connectivity index (χ1) is 12.3. The molecule has 1 aromatic carbocycles. The highest BCUT2D eigenvalue weighted by Crippen LogP contribution is 2.26. The van der Waals surface area contributed by atoms with Crippen LogP contribution in [-0.4, -0.2) is 16.1 Å². The minimum atomic E-state index is -0.440. The van der Waals surface area contributed by atoms with Gasteiger partial charge in [-0.3, -0.25) is 4.98 Å². The van der Waals surface area contributed by atoms with E-state index in [1.807, 2.05) is 19.1 Å². The lowest BCUT2D eigenvalue weighted by Gasteiger charge is -2.18. The van der Waals surface area contributed by atoms with E-state index in [9.17, 15) is 4.79 Å². The normalized spacial score (nSPS) is 11.4. The third-order valence-corrected chi connectivity index (χ3v) is 4.10. The fourth-order valence-electron chi connectivity index (χ4n) is 2.47. The molecule has 3 rings (SSSR count). The molecule has 0 aliphatic rings. The number of carbonyl (C=O) groups excluding carboxylic acids is 1. The van der Waals surface area contributed by atoms with Gasteiger partial charge in [0, 0.05) is 23.5 Å². The molecule has 0 aliphatic heterocycles. The number of hydrogen-bond donors (Lipinski definition) is 0. The van der Waals surface area contributed by atoms with Crippen molar-refractivity contribution in [3.8, 4) is 11.3 Å². The number of pyridine rings is 1. The zero-order valence-electron chi connectivity index (χ0n) is 15.4. The maximum atomic E-state index is 12.0. The van der Waals surface area contributed by atoms with Crippen LogP contribution in [0.1, 0.15) is 48.1 Å². The van der Waals surface area contributed by atoms with Crippen LogP contribution in [0.2, 0.25) is 0 Å². The molecule has 2 aromatic heterocycles. The van der Waals surface area contributed by atoms with Crippen LogP contribution in [0.4, 0.5) is 0 Å². The van der Waals surface area contributed by atoms with Crippen molar-refractivity contribution in [1.29, 1.82) is 0 Å². The number of benzene rings is 1. The Bertz CT molecular complexity index is 888. The van der Waals surface area contributed by atoms with E-state index in [1.54, 1.807) is 18.2 Å². The van der Waals surface area contributed by atoms with E-state index in [4.69, 9.17) is 9.26 Å². The molecule has 5 heteroatoms. The van der Waals surface area contributed by atoms with Crippen LogP contribution in [0.25, 0.3) is 11.3 Å². The highest BCUT2D eigenvalue weighted by atomic mass is 16.5. The summed E-state index contributed by atoms with van der Waals surface area (Å²) in [4.78, 5) is 16.1. The van der Waals surface area contributed by atoms with Crippen molar-refractivity contribution >= 4 is 5.97 Å². The molecule has 0 amide bonds. The van der Waals surface area contributed by atoms with Crippen LogP contribution in [0.15, 0.2) is 53.2 Å². The summed E-state index contributed by atoms with van der Waals surface area (Å²) in [6, 6.07) is 13.5. The van der Waals surface area contributed by atoms with E-state index in [0.717, 1.165) is 11.3 Å². The van der Waals surface area contributed by atoms with Crippen molar-refractivity contribution in [2.24, 2.45) is 0 Å². The van der Waals surface area contributed by atoms with Crippen LogP contribution in [0.3, 0.4) is 0 Å². The molecule has 0 saturated carbocycles. The second kappa shape index (κ2) is 7.12. The van der Waals surface area contributed by atoms with E-state index in [0.29, 0.717) is 17.0 Å². The van der Waals surface area contributed by atoms with E-state index in [-0.39, 0.29) is 12.0 Å². The van der Waals surface area contributed by atoms with Gasteiger partial charge in [-0.2, -0.15) is 0 Å². The van der Waals surface area contributed by atoms with Crippen LogP contribution < -0.4 is 0 Å². The largest absolute Gasteiger partial charge is 0.454 e. The maximum Gasteiger partial charge on any atom is 0.340 e. The smallest absolute Gasteiger partial charge is 0.340 e. The number of ether oxygens (including phenoxy) is 1. The third-order valence-electron chi connectivity index (χ3n) is 4.10. The molecule has 0 radical (unpaired) electrons. The average molecular weight is 350 g/mol. The Labute approximate surface area is 153 Å². The topological polar surface area (TPSA) is 65.2 Å². The summed E-state index contributed by atoms with van der Waals surface area (Å²) in [5.41, 5.74) is 4.29. The van der Waals surface area contributed by atoms with Crippen molar-refractivity contribution < 1.29 is 14.1 Å². The Morgan fingerprint density at radius 3 is 2.46 bits per heavy atom. The molecule has 26 heavy (non-hydrogen) atoms. The van der Waals surface area contributed by atoms with Gasteiger partial charge in [0.1, 0.15) is 5.69 Å². The first-order valence-corrected chi connectivity index (χ1v) is 8.49. The molecule has 0 saturated heterocycles. The highest BCUT2D eigenvalue weighted by molar-refractivity contribution is 5.88. The molecule has 0 atom stereocenters. The zero-order valence-corrected chi connectivity index (χ0v) is 15.4. The van der Waals surface area contributed by atoms with Crippen molar-refractivity contribution in [1.82, 2.24) is 10.1 Å². The number of nitrogens with zero attached hydrogens (tertiary/aromatic N) is 2. The standard InChI is InChI=1S/C21H22N2O3/c1-14-5-6-16(12-22-14)20(24)25-13-18-11-19(23-26-18)15-7-9-17(10-8-15)21(2,3)4/h5-12H,13H2,1-4H3. The highest BCUT2D eigenvalue weighted by Gasteiger charge is 2.15. The molecule has 0 N–H and O–H groups in total. The van der Waals surface area contributed by atoms with Gasteiger partial charge in [0.05, 0.1) is 5.56 Å². The zero-order chi connectivity index (χ0) is 18.7. The summed E-state index contributed by atoms with van der Waals surface area (Å²) in [5, 5.41) is 4.06. The van der Waals surface area contributed by atoms with Crippen molar-refractivity contribution in [2.45, 2.75) is 39.7 Å². The molecule has 5 nitrogen and oxygen atoms in total. The second-order valence-electron chi connectivity index (χ2n) is 7.27. The molecular weight excluding hydrogens is 328 g/mol. The van der Waals surface area contributed by atoms with Gasteiger partial charge >= 0.3 is 5.97 Å². The van der Waals surface area contributed by atoms with E-state index >= 15 is 0 Å². The summed E-state index contributed by atoms with van der Waals surface area (Å²) in [7, 11) is 0. The lowest BCUT2D eigenvalue weighted by molar-refractivity contribution is 0.0437. The molecule has 134 valence electrons. The van der Waals surface area contributed by atoms with Gasteiger partial charge in [-0.25, -0.2) is 4.79 Å². The minimum Gasteiger partial charge on any atom is -0.454 e. The van der Waals surface area contributed by atoms with E-state index in [1.165, 1.54) is 11.8 Å². The number of rotatable bonds is 4. The maximum absolute atomic E-state index is 12.0. The summed E-state index contributed by atoms with van der Waals surface area (Å²) >= 11 is 0. The molecule has 3 aromatic rings. The SMILES string of the molecule is Cc1ccc(C(=O)OCc2cc(-c3ccc(C(C)(C)C)cc3)no2)cn1. The number of aryl methyl sites for hydroxylation is 1. The molecule has 0 unspecified atom stereocenters. The summed E-state index contributed by atoms with van der Waals surface area (Å²) in [6.07, 6.45) is 1.50. The molecule has 2 heterocycles. The van der Waals surface area contributed by atoms with Gasteiger partial charge in [-0.15, -0.1) is 0 Å². The summed E-state index contributed by atoms with van der Waals surface area (Å²) in [5.74, 6) is 0.0540. The Balaban J connectivity index is 1.64. The number of aromatic nitrogens is 2.